The lowest BCUT2D eigenvalue weighted by molar-refractivity contribution is 0.125. The highest BCUT2D eigenvalue weighted by molar-refractivity contribution is 7.89. The van der Waals surface area contributed by atoms with Crippen LogP contribution in [0.2, 0.25) is 0 Å². The fourth-order valence-corrected chi connectivity index (χ4v) is 5.05. The summed E-state index contributed by atoms with van der Waals surface area (Å²) in [7, 11) is -3.38. The number of ether oxygens (including phenoxy) is 1. The van der Waals surface area contributed by atoms with E-state index in [1.165, 1.54) is 10.4 Å². The molecule has 2 aliphatic rings. The van der Waals surface area contributed by atoms with Crippen molar-refractivity contribution in [2.45, 2.75) is 37.7 Å². The SMILES string of the molecule is C[C@@H]1OCC[C@H]1S(=O)(=O)N1CCc2c(F)cccc2C1. The molecule has 0 bridgehead atoms. The summed E-state index contributed by atoms with van der Waals surface area (Å²) in [6.07, 6.45) is 0.702. The third kappa shape index (κ3) is 2.25. The van der Waals surface area contributed by atoms with Crippen molar-refractivity contribution < 1.29 is 17.5 Å². The van der Waals surface area contributed by atoms with Crippen molar-refractivity contribution in [3.63, 3.8) is 0 Å². The molecule has 2 aliphatic heterocycles. The molecule has 0 aliphatic carbocycles. The summed E-state index contributed by atoms with van der Waals surface area (Å²) in [5, 5.41) is -0.474. The van der Waals surface area contributed by atoms with Crippen LogP contribution in [0.5, 0.6) is 0 Å². The van der Waals surface area contributed by atoms with Crippen LogP contribution in [-0.2, 0) is 27.7 Å². The second-order valence-electron chi connectivity index (χ2n) is 5.41. The van der Waals surface area contributed by atoms with Crippen LogP contribution >= 0.6 is 0 Å². The van der Waals surface area contributed by atoms with Crippen LogP contribution in [0.25, 0.3) is 0 Å². The monoisotopic (exact) mass is 299 g/mol. The molecule has 1 aromatic rings. The molecule has 0 spiro atoms. The lowest BCUT2D eigenvalue weighted by atomic mass is 10.0. The van der Waals surface area contributed by atoms with Gasteiger partial charge in [-0.2, -0.15) is 4.31 Å². The maximum Gasteiger partial charge on any atom is 0.219 e. The van der Waals surface area contributed by atoms with Crippen molar-refractivity contribution in [1.82, 2.24) is 4.31 Å². The van der Waals surface area contributed by atoms with E-state index in [1.54, 1.807) is 19.1 Å². The predicted molar refractivity (Wildman–Crippen MR) is 73.3 cm³/mol. The summed E-state index contributed by atoms with van der Waals surface area (Å²) in [5.74, 6) is -0.239. The molecular formula is C14H18FNO3S. The molecule has 4 nitrogen and oxygen atoms in total. The fourth-order valence-electron chi connectivity index (χ4n) is 3.05. The van der Waals surface area contributed by atoms with Crippen LogP contribution in [0.3, 0.4) is 0 Å². The fraction of sp³-hybridized carbons (Fsp3) is 0.571. The average molecular weight is 299 g/mol. The van der Waals surface area contributed by atoms with Crippen LogP contribution in [-0.4, -0.2) is 37.2 Å². The van der Waals surface area contributed by atoms with Gasteiger partial charge in [0.25, 0.3) is 0 Å². The summed E-state index contributed by atoms with van der Waals surface area (Å²) in [4.78, 5) is 0. The van der Waals surface area contributed by atoms with Gasteiger partial charge in [0.05, 0.1) is 6.10 Å². The van der Waals surface area contributed by atoms with E-state index in [-0.39, 0.29) is 18.5 Å². The van der Waals surface area contributed by atoms with Crippen molar-refractivity contribution >= 4 is 10.0 Å². The Morgan fingerprint density at radius 1 is 1.40 bits per heavy atom. The molecule has 0 N–H and O–H groups in total. The van der Waals surface area contributed by atoms with Crippen LogP contribution < -0.4 is 0 Å². The van der Waals surface area contributed by atoms with E-state index in [1.807, 2.05) is 0 Å². The number of fused-ring (bicyclic) bond motifs is 1. The topological polar surface area (TPSA) is 46.6 Å². The van der Waals surface area contributed by atoms with Crippen molar-refractivity contribution in [2.75, 3.05) is 13.2 Å². The Hall–Kier alpha value is -0.980. The smallest absolute Gasteiger partial charge is 0.219 e. The maximum absolute atomic E-state index is 13.7. The van der Waals surface area contributed by atoms with Gasteiger partial charge >= 0.3 is 0 Å². The van der Waals surface area contributed by atoms with E-state index in [9.17, 15) is 12.8 Å². The minimum Gasteiger partial charge on any atom is -0.377 e. The van der Waals surface area contributed by atoms with Gasteiger partial charge in [0.2, 0.25) is 10.0 Å². The number of hydrogen-bond acceptors (Lipinski definition) is 3. The van der Waals surface area contributed by atoms with Crippen molar-refractivity contribution in [3.8, 4) is 0 Å². The molecule has 1 aromatic carbocycles. The highest BCUT2D eigenvalue weighted by Gasteiger charge is 2.40. The number of hydrogen-bond donors (Lipinski definition) is 0. The van der Waals surface area contributed by atoms with E-state index in [0.717, 1.165) is 5.56 Å². The third-order valence-corrected chi connectivity index (χ3v) is 6.64. The van der Waals surface area contributed by atoms with Gasteiger partial charge in [-0.15, -0.1) is 0 Å². The molecule has 2 heterocycles. The van der Waals surface area contributed by atoms with E-state index in [4.69, 9.17) is 4.74 Å². The quantitative estimate of drug-likeness (QED) is 0.835. The van der Waals surface area contributed by atoms with Crippen LogP contribution in [0.1, 0.15) is 24.5 Å². The van der Waals surface area contributed by atoms with E-state index in [0.29, 0.717) is 31.6 Å². The van der Waals surface area contributed by atoms with E-state index < -0.39 is 15.3 Å². The Morgan fingerprint density at radius 3 is 2.90 bits per heavy atom. The molecule has 0 amide bonds. The lowest BCUT2D eigenvalue weighted by Crippen LogP contribution is -2.44. The second kappa shape index (κ2) is 5.09. The minimum absolute atomic E-state index is 0.239. The Bertz CT molecular complexity index is 617. The van der Waals surface area contributed by atoms with Gasteiger partial charge in [-0.25, -0.2) is 12.8 Å². The summed E-state index contributed by atoms with van der Waals surface area (Å²) >= 11 is 0. The standard InChI is InChI=1S/C14H18FNO3S/c1-10-14(6-8-19-10)20(17,18)16-7-5-12-11(9-16)3-2-4-13(12)15/h2-4,10,14H,5-9H2,1H3/t10-,14+/m0/s1. The zero-order valence-corrected chi connectivity index (χ0v) is 12.2. The molecule has 1 fully saturated rings. The molecule has 0 radical (unpaired) electrons. The Morgan fingerprint density at radius 2 is 2.20 bits per heavy atom. The largest absolute Gasteiger partial charge is 0.377 e. The summed E-state index contributed by atoms with van der Waals surface area (Å²) < 4.78 is 45.8. The lowest BCUT2D eigenvalue weighted by Gasteiger charge is -2.31. The predicted octanol–water partition coefficient (Wildman–Crippen LogP) is 1.69. The van der Waals surface area contributed by atoms with Gasteiger partial charge in [0.15, 0.2) is 0 Å². The number of nitrogens with zero attached hydrogens (tertiary/aromatic N) is 1. The van der Waals surface area contributed by atoms with Gasteiger partial charge in [0, 0.05) is 19.7 Å². The third-order valence-electron chi connectivity index (χ3n) is 4.22. The minimum atomic E-state index is -3.38. The van der Waals surface area contributed by atoms with Gasteiger partial charge in [0.1, 0.15) is 11.1 Å². The first kappa shape index (κ1) is 14.0. The van der Waals surface area contributed by atoms with Gasteiger partial charge < -0.3 is 4.74 Å². The molecule has 110 valence electrons. The molecule has 6 heteroatoms. The molecule has 0 aromatic heterocycles. The van der Waals surface area contributed by atoms with Crippen LogP contribution in [0, 0.1) is 5.82 Å². The van der Waals surface area contributed by atoms with E-state index in [2.05, 4.69) is 0 Å². The first-order valence-corrected chi connectivity index (χ1v) is 8.37. The molecule has 1 saturated heterocycles. The van der Waals surface area contributed by atoms with Crippen molar-refractivity contribution in [3.05, 3.63) is 35.1 Å². The number of sulfonamides is 1. The van der Waals surface area contributed by atoms with Gasteiger partial charge in [-0.05, 0) is 37.0 Å². The van der Waals surface area contributed by atoms with Crippen molar-refractivity contribution in [1.29, 1.82) is 0 Å². The number of rotatable bonds is 2. The summed E-state index contributed by atoms with van der Waals surface area (Å²) in [6.45, 7) is 2.90. The Labute approximate surface area is 118 Å². The molecular weight excluding hydrogens is 281 g/mol. The second-order valence-corrected chi connectivity index (χ2v) is 7.56. The molecule has 3 rings (SSSR count). The molecule has 0 saturated carbocycles. The molecule has 2 atom stereocenters. The maximum atomic E-state index is 13.7. The number of halogens is 1. The highest BCUT2D eigenvalue weighted by Crippen LogP contribution is 2.29. The number of benzene rings is 1. The van der Waals surface area contributed by atoms with E-state index >= 15 is 0 Å². The first-order valence-electron chi connectivity index (χ1n) is 6.87. The zero-order chi connectivity index (χ0) is 14.3. The van der Waals surface area contributed by atoms with Gasteiger partial charge in [-0.3, -0.25) is 0 Å². The molecule has 0 unspecified atom stereocenters. The van der Waals surface area contributed by atoms with Crippen LogP contribution in [0.15, 0.2) is 18.2 Å². The Balaban J connectivity index is 1.86. The average Bonchev–Trinajstić information content (AvgIpc) is 2.85. The first-order chi connectivity index (χ1) is 9.50. The summed E-state index contributed by atoms with van der Waals surface area (Å²) in [6, 6.07) is 4.86. The van der Waals surface area contributed by atoms with Gasteiger partial charge in [-0.1, -0.05) is 12.1 Å². The normalized spacial score (nSPS) is 27.5. The van der Waals surface area contributed by atoms with Crippen molar-refractivity contribution in [2.24, 2.45) is 0 Å². The Kier molecular flexibility index (Phi) is 3.56. The summed E-state index contributed by atoms with van der Waals surface area (Å²) in [5.41, 5.74) is 1.42. The molecule has 20 heavy (non-hydrogen) atoms. The highest BCUT2D eigenvalue weighted by atomic mass is 32.2. The zero-order valence-electron chi connectivity index (χ0n) is 11.4. The van der Waals surface area contributed by atoms with Crippen LogP contribution in [0.4, 0.5) is 4.39 Å².